The normalized spacial score (nSPS) is 14.2. The first-order chi connectivity index (χ1) is 13.2. The molecule has 1 aromatic carbocycles. The van der Waals surface area contributed by atoms with Gasteiger partial charge in [0.15, 0.2) is 9.92 Å². The van der Waals surface area contributed by atoms with Gasteiger partial charge < -0.3 is 10.4 Å². The highest BCUT2D eigenvalue weighted by Gasteiger charge is 2.24. The lowest BCUT2D eigenvalue weighted by atomic mass is 9.92. The molecule has 0 saturated carbocycles. The topological polar surface area (TPSA) is 118 Å². The number of aliphatic hydroxyl groups is 1. The lowest BCUT2D eigenvalue weighted by Gasteiger charge is -2.19. The summed E-state index contributed by atoms with van der Waals surface area (Å²) in [7, 11) is -3.61. The third-order valence-electron chi connectivity index (χ3n) is 4.20. The first kappa shape index (κ1) is 23.4. The summed E-state index contributed by atoms with van der Waals surface area (Å²) < 4.78 is 30.4. The van der Waals surface area contributed by atoms with Crippen LogP contribution in [0, 0.1) is 5.82 Å². The Morgan fingerprint density at radius 2 is 1.79 bits per heavy atom. The molecular formula is C19H27FN4O3S2. The van der Waals surface area contributed by atoms with Crippen molar-refractivity contribution in [2.75, 3.05) is 5.32 Å². The zero-order valence-electron chi connectivity index (χ0n) is 17.3. The van der Waals surface area contributed by atoms with Gasteiger partial charge in [-0.05, 0) is 48.9 Å². The fourth-order valence-corrected chi connectivity index (χ4v) is 4.75. The number of aromatic nitrogens is 1. The smallest absolute Gasteiger partial charge is 0.354 e. The van der Waals surface area contributed by atoms with Crippen LogP contribution in [0.15, 0.2) is 27.0 Å². The lowest BCUT2D eigenvalue weighted by Crippen LogP contribution is -2.19. The molecule has 10 heteroatoms. The van der Waals surface area contributed by atoms with Gasteiger partial charge in [0.2, 0.25) is 4.34 Å². The van der Waals surface area contributed by atoms with E-state index >= 15 is 0 Å². The molecule has 2 amide bonds. The van der Waals surface area contributed by atoms with E-state index in [4.69, 9.17) is 5.14 Å². The van der Waals surface area contributed by atoms with E-state index in [9.17, 15) is 18.5 Å². The second-order valence-electron chi connectivity index (χ2n) is 7.91. The van der Waals surface area contributed by atoms with Crippen LogP contribution in [0.3, 0.4) is 0 Å². The van der Waals surface area contributed by atoms with E-state index in [2.05, 4.69) is 14.7 Å². The Hall–Kier alpha value is -1.88. The average Bonchev–Trinajstić information content (AvgIpc) is 3.06. The van der Waals surface area contributed by atoms with Crippen LogP contribution in [0.1, 0.15) is 69.4 Å². The van der Waals surface area contributed by atoms with E-state index in [0.29, 0.717) is 21.7 Å². The molecule has 2 rings (SSSR count). The molecule has 0 aliphatic heterocycles. The summed E-state index contributed by atoms with van der Waals surface area (Å²) in [5.41, 5.74) is 0.482. The van der Waals surface area contributed by atoms with Gasteiger partial charge in [0.05, 0.1) is 10.5 Å². The van der Waals surface area contributed by atoms with Gasteiger partial charge in [0.1, 0.15) is 5.82 Å². The second kappa shape index (κ2) is 8.47. The van der Waals surface area contributed by atoms with Crippen LogP contribution in [0.5, 0.6) is 0 Å². The summed E-state index contributed by atoms with van der Waals surface area (Å²) in [5, 5.41) is 18.4. The highest BCUT2D eigenvalue weighted by molar-refractivity contribution is 7.93. The molecule has 1 aromatic heterocycles. The molecule has 0 radical (unpaired) electrons. The largest absolute Gasteiger partial charge is 0.385 e. The number of benzene rings is 1. The molecule has 0 fully saturated rings. The molecule has 1 atom stereocenters. The molecule has 4 N–H and O–H groups in total. The molecule has 0 spiro atoms. The van der Waals surface area contributed by atoms with Gasteiger partial charge in [-0.2, -0.15) is 0 Å². The highest BCUT2D eigenvalue weighted by atomic mass is 32.2. The Morgan fingerprint density at radius 1 is 1.28 bits per heavy atom. The molecule has 0 unspecified atom stereocenters. The number of amides is 2. The number of anilines is 1. The minimum atomic E-state index is -3.61. The first-order valence-electron chi connectivity index (χ1n) is 9.10. The third kappa shape index (κ3) is 5.59. The molecule has 2 aromatic rings. The molecule has 160 valence electrons. The molecular weight excluding hydrogens is 415 g/mol. The van der Waals surface area contributed by atoms with Crippen molar-refractivity contribution in [1.82, 2.24) is 4.98 Å². The van der Waals surface area contributed by atoms with E-state index in [0.717, 1.165) is 11.3 Å². The number of nitrogens with one attached hydrogen (secondary N) is 1. The molecule has 0 aliphatic rings. The van der Waals surface area contributed by atoms with Crippen LogP contribution >= 0.6 is 11.3 Å². The van der Waals surface area contributed by atoms with Gasteiger partial charge >= 0.3 is 6.03 Å². The van der Waals surface area contributed by atoms with Crippen LogP contribution in [0.2, 0.25) is 0 Å². The van der Waals surface area contributed by atoms with Crippen molar-refractivity contribution in [1.29, 1.82) is 0 Å². The number of thiazole rings is 1. The standard InChI is InChI=1S/C19H27FN4O3S2/c1-10(2)13-7-12(20)8-14(11(3)4)16(13)23-17(25)24-29(21,27)18-22-9-15(28-18)19(5,6)26/h7-11,26H,1-6H3,(H3,21,23,24,25,27)/t29-/m1/s1. The first-order valence-corrected chi connectivity index (χ1v) is 11.5. The molecule has 0 bridgehead atoms. The monoisotopic (exact) mass is 442 g/mol. The van der Waals surface area contributed by atoms with Gasteiger partial charge in [-0.25, -0.2) is 23.5 Å². The number of nitrogens with zero attached hydrogens (tertiary/aromatic N) is 2. The fraction of sp³-hybridized carbons (Fsp3) is 0.474. The maximum Gasteiger partial charge on any atom is 0.354 e. The number of urea groups is 1. The second-order valence-corrected chi connectivity index (χ2v) is 10.9. The summed E-state index contributed by atoms with van der Waals surface area (Å²) in [6.45, 7) is 10.6. The highest BCUT2D eigenvalue weighted by Crippen LogP contribution is 2.34. The summed E-state index contributed by atoms with van der Waals surface area (Å²) in [4.78, 5) is 16.9. The minimum Gasteiger partial charge on any atom is -0.385 e. The van der Waals surface area contributed by atoms with Crippen molar-refractivity contribution < 1.29 is 18.5 Å². The van der Waals surface area contributed by atoms with E-state index in [1.165, 1.54) is 18.3 Å². The van der Waals surface area contributed by atoms with E-state index in [1.54, 1.807) is 13.8 Å². The predicted molar refractivity (Wildman–Crippen MR) is 114 cm³/mol. The minimum absolute atomic E-state index is 0.0583. The number of carbonyl (C=O) groups excluding carboxylic acids is 1. The van der Waals surface area contributed by atoms with Crippen molar-refractivity contribution in [2.45, 2.75) is 63.3 Å². The Bertz CT molecular complexity index is 1000. The summed E-state index contributed by atoms with van der Waals surface area (Å²) in [5.74, 6) is -0.514. The summed E-state index contributed by atoms with van der Waals surface area (Å²) in [6, 6.07) is 1.82. The average molecular weight is 443 g/mol. The molecule has 7 nitrogen and oxygen atoms in total. The van der Waals surface area contributed by atoms with Gasteiger partial charge in [0.25, 0.3) is 0 Å². The van der Waals surface area contributed by atoms with Crippen LogP contribution in [0.4, 0.5) is 14.9 Å². The van der Waals surface area contributed by atoms with Crippen molar-refractivity contribution in [2.24, 2.45) is 9.50 Å². The maximum atomic E-state index is 14.0. The zero-order valence-corrected chi connectivity index (χ0v) is 18.9. The summed E-state index contributed by atoms with van der Waals surface area (Å²) >= 11 is 0.928. The maximum absolute atomic E-state index is 14.0. The van der Waals surface area contributed by atoms with Crippen molar-refractivity contribution in [3.8, 4) is 0 Å². The molecule has 0 aliphatic carbocycles. The number of hydrogen-bond donors (Lipinski definition) is 3. The summed E-state index contributed by atoms with van der Waals surface area (Å²) in [6.07, 6.45) is 1.35. The number of hydrogen-bond acceptors (Lipinski definition) is 5. The van der Waals surface area contributed by atoms with Crippen molar-refractivity contribution >= 4 is 33.0 Å². The molecule has 29 heavy (non-hydrogen) atoms. The molecule has 0 saturated heterocycles. The predicted octanol–water partition coefficient (Wildman–Crippen LogP) is 4.69. The number of halogens is 1. The van der Waals surface area contributed by atoms with Gasteiger partial charge in [-0.15, -0.1) is 15.7 Å². The number of nitrogens with two attached hydrogens (primary N) is 1. The Labute approximate surface area is 174 Å². The van der Waals surface area contributed by atoms with E-state index in [-0.39, 0.29) is 16.2 Å². The van der Waals surface area contributed by atoms with Gasteiger partial charge in [-0.1, -0.05) is 27.7 Å². The van der Waals surface area contributed by atoms with E-state index in [1.807, 2.05) is 27.7 Å². The lowest BCUT2D eigenvalue weighted by molar-refractivity contribution is 0.0823. The molecule has 1 heterocycles. The SMILES string of the molecule is CC(C)c1cc(F)cc(C(C)C)c1NC(=O)N=[S@@](N)(=O)c1ncc(C(C)(C)O)s1. The Morgan fingerprint density at radius 3 is 2.21 bits per heavy atom. The quantitative estimate of drug-likeness (QED) is 0.622. The van der Waals surface area contributed by atoms with E-state index < -0.39 is 27.4 Å². The van der Waals surface area contributed by atoms with Crippen molar-refractivity contribution in [3.05, 3.63) is 40.2 Å². The van der Waals surface area contributed by atoms with Crippen LogP contribution < -0.4 is 10.5 Å². The fourth-order valence-electron chi connectivity index (χ4n) is 2.67. The van der Waals surface area contributed by atoms with Gasteiger partial charge in [-0.3, -0.25) is 0 Å². The Kier molecular flexibility index (Phi) is 6.83. The van der Waals surface area contributed by atoms with Crippen molar-refractivity contribution in [3.63, 3.8) is 0 Å². The van der Waals surface area contributed by atoms with Gasteiger partial charge in [0, 0.05) is 11.9 Å². The third-order valence-corrected chi connectivity index (χ3v) is 7.31. The van der Waals surface area contributed by atoms with Crippen LogP contribution in [-0.2, 0) is 15.5 Å². The Balaban J connectivity index is 2.44. The van der Waals surface area contributed by atoms with Crippen LogP contribution in [-0.4, -0.2) is 20.3 Å². The zero-order chi connectivity index (χ0) is 22.1. The number of rotatable bonds is 5. The number of carbonyl (C=O) groups is 1. The van der Waals surface area contributed by atoms with Crippen LogP contribution in [0.25, 0.3) is 0 Å².